The first kappa shape index (κ1) is 13.8. The highest BCUT2D eigenvalue weighted by atomic mass is 16.5. The van der Waals surface area contributed by atoms with Crippen LogP contribution in [0.25, 0.3) is 11.0 Å². The Morgan fingerprint density at radius 2 is 2.15 bits per heavy atom. The molecule has 0 saturated heterocycles. The smallest absolute Gasteiger partial charge is 0.313 e. The monoisotopic (exact) mass is 279 g/mol. The molecule has 0 saturated carbocycles. The number of ketones is 1. The molecule has 106 valence electrons. The first-order valence-electron chi connectivity index (χ1n) is 5.95. The molecule has 0 atom stereocenters. The van der Waals surface area contributed by atoms with Crippen molar-refractivity contribution in [1.82, 2.24) is 24.8 Å². The van der Waals surface area contributed by atoms with Crippen molar-refractivity contribution in [2.75, 3.05) is 6.61 Å². The van der Waals surface area contributed by atoms with Gasteiger partial charge in [0.05, 0.1) is 12.8 Å². The number of rotatable bonds is 5. The third-order valence-electron chi connectivity index (χ3n) is 2.59. The molecule has 0 aliphatic carbocycles. The molecular formula is C11H13N5O4. The SMILES string of the molecule is CCOC(=O)CC(=O)Cn1nnc2c(cnn2C)c1=O. The van der Waals surface area contributed by atoms with Gasteiger partial charge in [-0.25, -0.2) is 9.36 Å². The van der Waals surface area contributed by atoms with E-state index in [0.717, 1.165) is 4.68 Å². The van der Waals surface area contributed by atoms with Crippen LogP contribution in [0.3, 0.4) is 0 Å². The zero-order valence-corrected chi connectivity index (χ0v) is 11.1. The predicted octanol–water partition coefficient (Wildman–Crippen LogP) is -0.953. The summed E-state index contributed by atoms with van der Waals surface area (Å²) in [5.41, 5.74) is -0.135. The van der Waals surface area contributed by atoms with Gasteiger partial charge in [0, 0.05) is 7.05 Å². The molecule has 2 rings (SSSR count). The lowest BCUT2D eigenvalue weighted by Gasteiger charge is -2.03. The van der Waals surface area contributed by atoms with Crippen molar-refractivity contribution in [2.45, 2.75) is 19.9 Å². The molecule has 0 unspecified atom stereocenters. The maximum absolute atomic E-state index is 12.0. The van der Waals surface area contributed by atoms with Crippen molar-refractivity contribution in [3.05, 3.63) is 16.6 Å². The van der Waals surface area contributed by atoms with Crippen LogP contribution < -0.4 is 5.56 Å². The Morgan fingerprint density at radius 1 is 1.40 bits per heavy atom. The summed E-state index contributed by atoms with van der Waals surface area (Å²) in [6, 6.07) is 0. The highest BCUT2D eigenvalue weighted by Crippen LogP contribution is 2.01. The van der Waals surface area contributed by atoms with Crippen molar-refractivity contribution in [3.8, 4) is 0 Å². The van der Waals surface area contributed by atoms with Crippen LogP contribution in [0.5, 0.6) is 0 Å². The molecule has 0 spiro atoms. The molecule has 2 aromatic heterocycles. The van der Waals surface area contributed by atoms with Crippen LogP contribution >= 0.6 is 0 Å². The van der Waals surface area contributed by atoms with E-state index in [0.29, 0.717) is 5.65 Å². The van der Waals surface area contributed by atoms with E-state index in [1.165, 1.54) is 10.9 Å². The molecule has 0 amide bonds. The van der Waals surface area contributed by atoms with E-state index in [9.17, 15) is 14.4 Å². The maximum atomic E-state index is 12.0. The number of carbonyl (C=O) groups excluding carboxylic acids is 2. The highest BCUT2D eigenvalue weighted by molar-refractivity contribution is 5.95. The fourth-order valence-electron chi connectivity index (χ4n) is 1.68. The van der Waals surface area contributed by atoms with Crippen LogP contribution in [0.2, 0.25) is 0 Å². The van der Waals surface area contributed by atoms with E-state index >= 15 is 0 Å². The van der Waals surface area contributed by atoms with Gasteiger partial charge < -0.3 is 4.74 Å². The summed E-state index contributed by atoms with van der Waals surface area (Å²) in [7, 11) is 1.63. The Labute approximate surface area is 113 Å². The fraction of sp³-hybridized carbons (Fsp3) is 0.455. The van der Waals surface area contributed by atoms with Gasteiger partial charge in [-0.05, 0) is 6.92 Å². The number of aryl methyl sites for hydroxylation is 1. The molecule has 0 N–H and O–H groups in total. The van der Waals surface area contributed by atoms with E-state index in [1.807, 2.05) is 0 Å². The molecule has 9 heteroatoms. The Morgan fingerprint density at radius 3 is 2.85 bits per heavy atom. The number of hydrogen-bond acceptors (Lipinski definition) is 7. The summed E-state index contributed by atoms with van der Waals surface area (Å²) >= 11 is 0. The average Bonchev–Trinajstić information content (AvgIpc) is 2.75. The zero-order chi connectivity index (χ0) is 14.7. The molecule has 20 heavy (non-hydrogen) atoms. The van der Waals surface area contributed by atoms with Gasteiger partial charge >= 0.3 is 5.97 Å². The number of aromatic nitrogens is 5. The number of ether oxygens (including phenoxy) is 1. The fourth-order valence-corrected chi connectivity index (χ4v) is 1.68. The summed E-state index contributed by atoms with van der Waals surface area (Å²) in [5.74, 6) is -1.09. The molecule has 0 aromatic carbocycles. The first-order chi connectivity index (χ1) is 9.52. The molecule has 2 aromatic rings. The Hall–Kier alpha value is -2.58. The van der Waals surface area contributed by atoms with Crippen molar-refractivity contribution in [1.29, 1.82) is 0 Å². The number of esters is 1. The van der Waals surface area contributed by atoms with Crippen molar-refractivity contribution >= 4 is 22.8 Å². The topological polar surface area (TPSA) is 109 Å². The number of hydrogen-bond donors (Lipinski definition) is 0. The minimum absolute atomic E-state index is 0.202. The third-order valence-corrected chi connectivity index (χ3v) is 2.59. The average molecular weight is 279 g/mol. The molecule has 0 fully saturated rings. The summed E-state index contributed by atoms with van der Waals surface area (Å²) in [6.07, 6.45) is 0.964. The number of carbonyl (C=O) groups is 2. The number of Topliss-reactive ketones (excluding diaryl/α,β-unsaturated/α-hetero) is 1. The maximum Gasteiger partial charge on any atom is 0.313 e. The minimum Gasteiger partial charge on any atom is -0.466 e. The lowest BCUT2D eigenvalue weighted by atomic mass is 10.3. The van der Waals surface area contributed by atoms with Gasteiger partial charge in [0.25, 0.3) is 5.56 Å². The zero-order valence-electron chi connectivity index (χ0n) is 11.1. The molecule has 2 heterocycles. The van der Waals surface area contributed by atoms with Crippen LogP contribution in [0.15, 0.2) is 11.0 Å². The normalized spacial score (nSPS) is 10.7. The van der Waals surface area contributed by atoms with Crippen molar-refractivity contribution in [3.63, 3.8) is 0 Å². The second kappa shape index (κ2) is 5.59. The predicted molar refractivity (Wildman–Crippen MR) is 66.8 cm³/mol. The first-order valence-corrected chi connectivity index (χ1v) is 5.95. The van der Waals surface area contributed by atoms with Crippen LogP contribution in [0.1, 0.15) is 13.3 Å². The molecule has 0 bridgehead atoms. The van der Waals surface area contributed by atoms with Gasteiger partial charge in [-0.15, -0.1) is 5.10 Å². The van der Waals surface area contributed by atoms with Gasteiger partial charge in [-0.3, -0.25) is 14.4 Å². The number of nitrogens with zero attached hydrogens (tertiary/aromatic N) is 5. The summed E-state index contributed by atoms with van der Waals surface area (Å²) in [4.78, 5) is 34.8. The molecule has 0 aliphatic heterocycles. The van der Waals surface area contributed by atoms with E-state index in [2.05, 4.69) is 20.1 Å². The summed E-state index contributed by atoms with van der Waals surface area (Å²) in [6.45, 7) is 1.53. The molecule has 0 radical (unpaired) electrons. The van der Waals surface area contributed by atoms with Crippen molar-refractivity contribution in [2.24, 2.45) is 7.05 Å². The molecule has 0 aliphatic rings. The number of fused-ring (bicyclic) bond motifs is 1. The molecular weight excluding hydrogens is 266 g/mol. The summed E-state index contributed by atoms with van der Waals surface area (Å²) in [5, 5.41) is 11.6. The second-order valence-electron chi connectivity index (χ2n) is 4.08. The van der Waals surface area contributed by atoms with Gasteiger partial charge in [0.1, 0.15) is 18.4 Å². The Balaban J connectivity index is 2.18. The highest BCUT2D eigenvalue weighted by Gasteiger charge is 2.15. The van der Waals surface area contributed by atoms with Gasteiger partial charge in [0.15, 0.2) is 11.4 Å². The van der Waals surface area contributed by atoms with E-state index in [4.69, 9.17) is 0 Å². The quantitative estimate of drug-likeness (QED) is 0.512. The van der Waals surface area contributed by atoms with Crippen LogP contribution in [0, 0.1) is 0 Å². The Kier molecular flexibility index (Phi) is 3.87. The largest absolute Gasteiger partial charge is 0.466 e. The van der Waals surface area contributed by atoms with Crippen LogP contribution in [-0.4, -0.2) is 43.1 Å². The van der Waals surface area contributed by atoms with Crippen LogP contribution in [-0.2, 0) is 27.9 Å². The lowest BCUT2D eigenvalue weighted by molar-refractivity contribution is -0.145. The minimum atomic E-state index is -0.624. The lowest BCUT2D eigenvalue weighted by Crippen LogP contribution is -2.28. The van der Waals surface area contributed by atoms with Crippen LogP contribution in [0.4, 0.5) is 0 Å². The van der Waals surface area contributed by atoms with E-state index in [-0.39, 0.29) is 18.5 Å². The van der Waals surface area contributed by atoms with Gasteiger partial charge in [-0.2, -0.15) is 5.10 Å². The van der Waals surface area contributed by atoms with Gasteiger partial charge in [-0.1, -0.05) is 5.21 Å². The third kappa shape index (κ3) is 2.71. The second-order valence-corrected chi connectivity index (χ2v) is 4.08. The van der Waals surface area contributed by atoms with Gasteiger partial charge in [0.2, 0.25) is 0 Å². The summed E-state index contributed by atoms with van der Waals surface area (Å²) < 4.78 is 6.98. The van der Waals surface area contributed by atoms with Crippen molar-refractivity contribution < 1.29 is 14.3 Å². The molecule has 9 nitrogen and oxygen atoms in total. The standard InChI is InChI=1S/C11H13N5O4/c1-3-20-9(18)4-7(17)6-16-11(19)8-5-12-15(2)10(8)13-14-16/h5H,3-4,6H2,1-2H3. The Bertz CT molecular complexity index is 717. The van der Waals surface area contributed by atoms with E-state index in [1.54, 1.807) is 14.0 Å². The van der Waals surface area contributed by atoms with E-state index < -0.39 is 23.7 Å².